The molecule has 0 spiro atoms. The highest BCUT2D eigenvalue weighted by atomic mass is 31.2. The van der Waals surface area contributed by atoms with Gasteiger partial charge < -0.3 is 20.3 Å². The third kappa shape index (κ3) is 5.82. The minimum Gasteiger partial charge on any atom is -0.468 e. The molecule has 0 aliphatic carbocycles. The average Bonchev–Trinajstić information content (AvgIpc) is 1.99. The molecule has 1 unspecified atom stereocenters. The van der Waals surface area contributed by atoms with Crippen molar-refractivity contribution in [1.82, 2.24) is 0 Å². The molecule has 0 aliphatic rings. The second-order valence-electron chi connectivity index (χ2n) is 2.70. The van der Waals surface area contributed by atoms with Gasteiger partial charge in [-0.05, 0) is 0 Å². The first kappa shape index (κ1) is 13.2. The van der Waals surface area contributed by atoms with Crippen molar-refractivity contribution < 1.29 is 28.7 Å². The van der Waals surface area contributed by atoms with E-state index in [2.05, 4.69) is 4.74 Å². The predicted molar refractivity (Wildman–Crippen MR) is 46.5 cm³/mol. The van der Waals surface area contributed by atoms with E-state index in [-0.39, 0.29) is 0 Å². The van der Waals surface area contributed by atoms with Crippen LogP contribution in [0.2, 0.25) is 0 Å². The standard InChI is InChI=1S/C6H12NO6P/c1-13-6(9)5(7)2-4(8)3-14(10,11)12/h5H,2-3,7H2,1H3,(H2,10,11,12). The minimum atomic E-state index is -4.37. The topological polar surface area (TPSA) is 127 Å². The van der Waals surface area contributed by atoms with E-state index in [9.17, 15) is 14.2 Å². The molecular formula is C6H12NO6P. The van der Waals surface area contributed by atoms with Crippen molar-refractivity contribution in [3.8, 4) is 0 Å². The van der Waals surface area contributed by atoms with E-state index in [4.69, 9.17) is 15.5 Å². The number of methoxy groups -OCH3 is 1. The molecule has 0 aromatic heterocycles. The number of nitrogens with two attached hydrogens (primary N) is 1. The lowest BCUT2D eigenvalue weighted by Crippen LogP contribution is -2.34. The smallest absolute Gasteiger partial charge is 0.332 e. The SMILES string of the molecule is COC(=O)C(N)CC(=O)CP(=O)(O)O. The fourth-order valence-corrected chi connectivity index (χ4v) is 1.36. The lowest BCUT2D eigenvalue weighted by atomic mass is 10.2. The predicted octanol–water partition coefficient (Wildman–Crippen LogP) is -1.38. The van der Waals surface area contributed by atoms with E-state index in [0.717, 1.165) is 7.11 Å². The summed E-state index contributed by atoms with van der Waals surface area (Å²) in [5, 5.41) is 0. The minimum absolute atomic E-state index is 0.433. The Bertz CT molecular complexity index is 271. The van der Waals surface area contributed by atoms with Crippen molar-refractivity contribution in [3.05, 3.63) is 0 Å². The van der Waals surface area contributed by atoms with Gasteiger partial charge in [0.15, 0.2) is 0 Å². The zero-order valence-electron chi connectivity index (χ0n) is 7.54. The first-order chi connectivity index (χ1) is 6.26. The number of carbonyl (C=O) groups is 2. The van der Waals surface area contributed by atoms with Gasteiger partial charge >= 0.3 is 13.6 Å². The molecule has 8 heteroatoms. The number of hydrogen-bond donors (Lipinski definition) is 3. The van der Waals surface area contributed by atoms with Crippen LogP contribution in [0.3, 0.4) is 0 Å². The molecule has 0 rings (SSSR count). The highest BCUT2D eigenvalue weighted by molar-refractivity contribution is 7.52. The van der Waals surface area contributed by atoms with Crippen LogP contribution in [0.5, 0.6) is 0 Å². The van der Waals surface area contributed by atoms with Crippen LogP contribution in [0.1, 0.15) is 6.42 Å². The molecule has 0 aliphatic heterocycles. The molecule has 4 N–H and O–H groups in total. The van der Waals surface area contributed by atoms with Crippen LogP contribution in [-0.4, -0.2) is 40.9 Å². The highest BCUT2D eigenvalue weighted by Crippen LogP contribution is 2.34. The molecule has 0 aromatic rings. The Morgan fingerprint density at radius 2 is 2.00 bits per heavy atom. The van der Waals surface area contributed by atoms with E-state index < -0.39 is 38.0 Å². The maximum absolute atomic E-state index is 10.9. The number of hydrogen-bond acceptors (Lipinski definition) is 5. The summed E-state index contributed by atoms with van der Waals surface area (Å²) in [6.07, 6.45) is -1.34. The average molecular weight is 225 g/mol. The summed E-state index contributed by atoms with van der Waals surface area (Å²) >= 11 is 0. The third-order valence-electron chi connectivity index (χ3n) is 1.33. The number of ketones is 1. The highest BCUT2D eigenvalue weighted by Gasteiger charge is 2.23. The molecule has 82 valence electrons. The largest absolute Gasteiger partial charge is 0.468 e. The number of Topliss-reactive ketones (excluding diaryl/α,β-unsaturated/α-hetero) is 1. The lowest BCUT2D eigenvalue weighted by Gasteiger charge is -2.08. The Morgan fingerprint density at radius 1 is 1.50 bits per heavy atom. The van der Waals surface area contributed by atoms with Gasteiger partial charge in [-0.25, -0.2) is 0 Å². The van der Waals surface area contributed by atoms with Crippen LogP contribution >= 0.6 is 7.60 Å². The molecule has 7 nitrogen and oxygen atoms in total. The van der Waals surface area contributed by atoms with E-state index in [1.54, 1.807) is 0 Å². The first-order valence-corrected chi connectivity index (χ1v) is 5.45. The van der Waals surface area contributed by atoms with Crippen LogP contribution in [0, 0.1) is 0 Å². The van der Waals surface area contributed by atoms with Gasteiger partial charge in [0.2, 0.25) is 0 Å². The molecule has 0 fully saturated rings. The van der Waals surface area contributed by atoms with Crippen molar-refractivity contribution in [1.29, 1.82) is 0 Å². The quantitative estimate of drug-likeness (QED) is 0.388. The molecule has 0 radical (unpaired) electrons. The second-order valence-corrected chi connectivity index (χ2v) is 4.34. The van der Waals surface area contributed by atoms with Crippen LogP contribution in [0.15, 0.2) is 0 Å². The van der Waals surface area contributed by atoms with Gasteiger partial charge in [-0.15, -0.1) is 0 Å². The Kier molecular flexibility index (Phi) is 4.93. The Hall–Kier alpha value is -0.750. The second kappa shape index (κ2) is 5.21. The van der Waals surface area contributed by atoms with Gasteiger partial charge in [0.1, 0.15) is 18.0 Å². The van der Waals surface area contributed by atoms with E-state index in [1.807, 2.05) is 0 Å². The molecule has 0 bridgehead atoms. The molecule has 0 aromatic carbocycles. The number of carbonyl (C=O) groups excluding carboxylic acids is 2. The van der Waals surface area contributed by atoms with Gasteiger partial charge in [-0.1, -0.05) is 0 Å². The zero-order chi connectivity index (χ0) is 11.4. The van der Waals surface area contributed by atoms with Gasteiger partial charge in [0.05, 0.1) is 7.11 Å². The van der Waals surface area contributed by atoms with E-state index in [0.29, 0.717) is 0 Å². The Balaban J connectivity index is 4.08. The van der Waals surface area contributed by atoms with Gasteiger partial charge in [-0.3, -0.25) is 14.2 Å². The molecule has 0 amide bonds. The zero-order valence-corrected chi connectivity index (χ0v) is 8.44. The van der Waals surface area contributed by atoms with Gasteiger partial charge in [0, 0.05) is 6.42 Å². The van der Waals surface area contributed by atoms with Crippen LogP contribution in [-0.2, 0) is 18.9 Å². The molecule has 0 saturated heterocycles. The van der Waals surface area contributed by atoms with Crippen LogP contribution in [0.4, 0.5) is 0 Å². The summed E-state index contributed by atoms with van der Waals surface area (Å²) < 4.78 is 14.6. The summed E-state index contributed by atoms with van der Waals surface area (Å²) in [6, 6.07) is -1.17. The van der Waals surface area contributed by atoms with Crippen molar-refractivity contribution in [3.63, 3.8) is 0 Å². The number of rotatable bonds is 5. The Labute approximate surface area is 80.4 Å². The summed E-state index contributed by atoms with van der Waals surface area (Å²) in [5.41, 5.74) is 5.20. The van der Waals surface area contributed by atoms with Crippen molar-refractivity contribution in [2.75, 3.05) is 13.3 Å². The molecule has 14 heavy (non-hydrogen) atoms. The van der Waals surface area contributed by atoms with Crippen molar-refractivity contribution in [2.45, 2.75) is 12.5 Å². The number of esters is 1. The molecule has 1 atom stereocenters. The third-order valence-corrected chi connectivity index (χ3v) is 2.10. The fraction of sp³-hybridized carbons (Fsp3) is 0.667. The van der Waals surface area contributed by atoms with E-state index >= 15 is 0 Å². The maximum atomic E-state index is 10.9. The van der Waals surface area contributed by atoms with Crippen molar-refractivity contribution in [2.24, 2.45) is 5.73 Å². The normalized spacial score (nSPS) is 13.4. The summed E-state index contributed by atoms with van der Waals surface area (Å²) in [4.78, 5) is 38.5. The van der Waals surface area contributed by atoms with Crippen LogP contribution < -0.4 is 5.73 Å². The van der Waals surface area contributed by atoms with Crippen LogP contribution in [0.25, 0.3) is 0 Å². The summed E-state index contributed by atoms with van der Waals surface area (Å²) in [6.45, 7) is 0. The van der Waals surface area contributed by atoms with E-state index in [1.165, 1.54) is 0 Å². The first-order valence-electron chi connectivity index (χ1n) is 3.66. The van der Waals surface area contributed by atoms with Gasteiger partial charge in [-0.2, -0.15) is 0 Å². The Morgan fingerprint density at radius 3 is 2.36 bits per heavy atom. The monoisotopic (exact) mass is 225 g/mol. The van der Waals surface area contributed by atoms with Crippen molar-refractivity contribution >= 4 is 19.3 Å². The maximum Gasteiger partial charge on any atom is 0.332 e. The summed E-state index contributed by atoms with van der Waals surface area (Å²) in [5.74, 6) is -1.56. The number of ether oxygens (including phenoxy) is 1. The molecule has 0 saturated carbocycles. The molecule has 0 heterocycles. The lowest BCUT2D eigenvalue weighted by molar-refractivity contribution is -0.143. The van der Waals surface area contributed by atoms with Gasteiger partial charge in [0.25, 0.3) is 0 Å². The molecular weight excluding hydrogens is 213 g/mol. The summed E-state index contributed by atoms with van der Waals surface area (Å²) in [7, 11) is -3.27. The fourth-order valence-electron chi connectivity index (χ4n) is 0.774.